The van der Waals surface area contributed by atoms with E-state index in [1.54, 1.807) is 12.1 Å². The Labute approximate surface area is 99.4 Å². The first kappa shape index (κ1) is 13.0. The normalized spacial score (nSPS) is 10.1. The number of ether oxygens (including phenoxy) is 1. The van der Waals surface area contributed by atoms with Crippen LogP contribution in [-0.2, 0) is 4.74 Å². The van der Waals surface area contributed by atoms with Gasteiger partial charge in [-0.2, -0.15) is 0 Å². The fraction of sp³-hybridized carbons (Fsp3) is 0.333. The van der Waals surface area contributed by atoms with Crippen LogP contribution in [0.3, 0.4) is 0 Å². The van der Waals surface area contributed by atoms with E-state index in [0.29, 0.717) is 6.61 Å². The van der Waals surface area contributed by atoms with Crippen LogP contribution in [0.2, 0.25) is 0 Å². The predicted molar refractivity (Wildman–Crippen MR) is 63.2 cm³/mol. The molecule has 0 saturated carbocycles. The topological polar surface area (TPSA) is 75.6 Å². The highest BCUT2D eigenvalue weighted by Gasteiger charge is 2.12. The Hall–Kier alpha value is -2.04. The first-order valence-electron chi connectivity index (χ1n) is 5.26. The second kappa shape index (κ2) is 5.89. The molecular formula is C12H15NO4. The lowest BCUT2D eigenvalue weighted by atomic mass is 10.2. The molecule has 0 radical (unpaired) electrons. The minimum absolute atomic E-state index is 0.0361. The van der Waals surface area contributed by atoms with Crippen LogP contribution in [0.1, 0.15) is 24.2 Å². The van der Waals surface area contributed by atoms with Gasteiger partial charge in [0.1, 0.15) is 0 Å². The van der Waals surface area contributed by atoms with Crippen LogP contribution in [-0.4, -0.2) is 23.8 Å². The average molecular weight is 237 g/mol. The lowest BCUT2D eigenvalue weighted by Gasteiger charge is -2.10. The zero-order chi connectivity index (χ0) is 12.8. The zero-order valence-corrected chi connectivity index (χ0v) is 9.77. The first-order valence-corrected chi connectivity index (χ1v) is 5.26. The van der Waals surface area contributed by atoms with Crippen LogP contribution >= 0.6 is 0 Å². The number of benzene rings is 1. The summed E-state index contributed by atoms with van der Waals surface area (Å²) in [7, 11) is 0. The number of anilines is 1. The van der Waals surface area contributed by atoms with E-state index in [2.05, 4.69) is 5.32 Å². The van der Waals surface area contributed by atoms with Crippen molar-refractivity contribution < 1.29 is 19.4 Å². The van der Waals surface area contributed by atoms with Crippen LogP contribution in [0.15, 0.2) is 24.3 Å². The molecule has 2 N–H and O–H groups in total. The molecule has 0 heterocycles. The number of hydrogen-bond donors (Lipinski definition) is 2. The number of carboxylic acid groups (broad SMARTS) is 1. The van der Waals surface area contributed by atoms with Crippen molar-refractivity contribution in [2.24, 2.45) is 5.92 Å². The van der Waals surface area contributed by atoms with Gasteiger partial charge in [0, 0.05) is 0 Å². The van der Waals surface area contributed by atoms with Crippen molar-refractivity contribution in [3.05, 3.63) is 29.8 Å². The standard InChI is InChI=1S/C12H15NO4/c1-8(2)7-17-12(16)13-10-6-4-3-5-9(10)11(14)15/h3-6,8H,7H2,1-2H3,(H,13,16)(H,14,15). The molecule has 0 fully saturated rings. The van der Waals surface area contributed by atoms with E-state index in [9.17, 15) is 9.59 Å². The van der Waals surface area contributed by atoms with Crippen LogP contribution in [0, 0.1) is 5.92 Å². The molecule has 5 nitrogen and oxygen atoms in total. The van der Waals surface area contributed by atoms with Crippen LogP contribution < -0.4 is 5.32 Å². The van der Waals surface area contributed by atoms with Crippen LogP contribution in [0.4, 0.5) is 10.5 Å². The van der Waals surface area contributed by atoms with Crippen molar-refractivity contribution in [1.82, 2.24) is 0 Å². The van der Waals surface area contributed by atoms with Gasteiger partial charge in [0.05, 0.1) is 17.9 Å². The van der Waals surface area contributed by atoms with Gasteiger partial charge in [0.15, 0.2) is 0 Å². The average Bonchev–Trinajstić information content (AvgIpc) is 2.27. The number of carboxylic acids is 1. The molecule has 5 heteroatoms. The van der Waals surface area contributed by atoms with Gasteiger partial charge in [-0.15, -0.1) is 0 Å². The Morgan fingerprint density at radius 1 is 1.35 bits per heavy atom. The van der Waals surface area contributed by atoms with Gasteiger partial charge in [-0.05, 0) is 18.1 Å². The lowest BCUT2D eigenvalue weighted by molar-refractivity contribution is 0.0698. The van der Waals surface area contributed by atoms with Crippen LogP contribution in [0.25, 0.3) is 0 Å². The van der Waals surface area contributed by atoms with Crippen molar-refractivity contribution in [1.29, 1.82) is 0 Å². The summed E-state index contributed by atoms with van der Waals surface area (Å²) < 4.78 is 4.90. The van der Waals surface area contributed by atoms with Crippen LogP contribution in [0.5, 0.6) is 0 Å². The van der Waals surface area contributed by atoms with Gasteiger partial charge < -0.3 is 9.84 Å². The van der Waals surface area contributed by atoms with Gasteiger partial charge >= 0.3 is 12.1 Å². The number of para-hydroxylation sites is 1. The van der Waals surface area contributed by atoms with E-state index in [0.717, 1.165) is 0 Å². The SMILES string of the molecule is CC(C)COC(=O)Nc1ccccc1C(=O)O. The number of rotatable bonds is 4. The second-order valence-electron chi connectivity index (χ2n) is 3.97. The zero-order valence-electron chi connectivity index (χ0n) is 9.77. The van der Waals surface area contributed by atoms with Crippen molar-refractivity contribution in [3.63, 3.8) is 0 Å². The third-order valence-corrected chi connectivity index (χ3v) is 1.94. The van der Waals surface area contributed by atoms with Crippen molar-refractivity contribution in [3.8, 4) is 0 Å². The highest BCUT2D eigenvalue weighted by molar-refractivity contribution is 5.98. The molecular weight excluding hydrogens is 222 g/mol. The Bertz CT molecular complexity index is 415. The molecule has 0 bridgehead atoms. The van der Waals surface area contributed by atoms with E-state index in [1.807, 2.05) is 13.8 Å². The minimum atomic E-state index is -1.09. The molecule has 0 aromatic heterocycles. The molecule has 92 valence electrons. The summed E-state index contributed by atoms with van der Waals surface area (Å²) in [6.45, 7) is 4.12. The highest BCUT2D eigenvalue weighted by Crippen LogP contribution is 2.15. The Morgan fingerprint density at radius 3 is 2.59 bits per heavy atom. The van der Waals surface area contributed by atoms with Gasteiger partial charge in [-0.25, -0.2) is 9.59 Å². The number of nitrogens with one attached hydrogen (secondary N) is 1. The van der Waals surface area contributed by atoms with Gasteiger partial charge in [0.2, 0.25) is 0 Å². The van der Waals surface area contributed by atoms with E-state index in [-0.39, 0.29) is 17.2 Å². The molecule has 1 amide bonds. The summed E-state index contributed by atoms with van der Waals surface area (Å²) in [5.41, 5.74) is 0.266. The molecule has 0 aliphatic rings. The van der Waals surface area contributed by atoms with Crippen molar-refractivity contribution >= 4 is 17.7 Å². The van der Waals surface area contributed by atoms with Gasteiger partial charge in [-0.3, -0.25) is 5.32 Å². The summed E-state index contributed by atoms with van der Waals surface area (Å²) >= 11 is 0. The number of amides is 1. The maximum Gasteiger partial charge on any atom is 0.411 e. The van der Waals surface area contributed by atoms with Gasteiger partial charge in [-0.1, -0.05) is 26.0 Å². The summed E-state index contributed by atoms with van der Waals surface area (Å²) in [5.74, 6) is -0.861. The quantitative estimate of drug-likeness (QED) is 0.843. The molecule has 1 aromatic carbocycles. The van der Waals surface area contributed by atoms with E-state index < -0.39 is 12.1 Å². The molecule has 0 aliphatic carbocycles. The lowest BCUT2D eigenvalue weighted by Crippen LogP contribution is -2.18. The van der Waals surface area contributed by atoms with E-state index in [4.69, 9.17) is 9.84 Å². The molecule has 0 spiro atoms. The molecule has 1 aromatic rings. The summed E-state index contributed by atoms with van der Waals surface area (Å²) in [4.78, 5) is 22.2. The third-order valence-electron chi connectivity index (χ3n) is 1.94. The maximum absolute atomic E-state index is 11.4. The van der Waals surface area contributed by atoms with Gasteiger partial charge in [0.25, 0.3) is 0 Å². The first-order chi connectivity index (χ1) is 8.00. The monoisotopic (exact) mass is 237 g/mol. The summed E-state index contributed by atoms with van der Waals surface area (Å²) in [6.07, 6.45) is -0.646. The predicted octanol–water partition coefficient (Wildman–Crippen LogP) is 2.59. The fourth-order valence-electron chi connectivity index (χ4n) is 1.17. The largest absolute Gasteiger partial charge is 0.478 e. The number of carbonyl (C=O) groups excluding carboxylic acids is 1. The van der Waals surface area contributed by atoms with E-state index >= 15 is 0 Å². The fourth-order valence-corrected chi connectivity index (χ4v) is 1.17. The van der Waals surface area contributed by atoms with E-state index in [1.165, 1.54) is 12.1 Å². The summed E-state index contributed by atoms with van der Waals surface area (Å²) in [5, 5.41) is 11.3. The number of hydrogen-bond acceptors (Lipinski definition) is 3. The minimum Gasteiger partial charge on any atom is -0.478 e. The molecule has 0 unspecified atom stereocenters. The number of aromatic carboxylic acids is 1. The number of carbonyl (C=O) groups is 2. The molecule has 1 rings (SSSR count). The Kier molecular flexibility index (Phi) is 4.51. The third kappa shape index (κ3) is 4.14. The second-order valence-corrected chi connectivity index (χ2v) is 3.97. The Morgan fingerprint density at radius 2 is 2.00 bits per heavy atom. The molecule has 17 heavy (non-hydrogen) atoms. The van der Waals surface area contributed by atoms with Crippen molar-refractivity contribution in [2.75, 3.05) is 11.9 Å². The van der Waals surface area contributed by atoms with Crippen molar-refractivity contribution in [2.45, 2.75) is 13.8 Å². The molecule has 0 saturated heterocycles. The highest BCUT2D eigenvalue weighted by atomic mass is 16.5. The maximum atomic E-state index is 11.4. The summed E-state index contributed by atoms with van der Waals surface area (Å²) in [6, 6.07) is 6.17. The molecule has 0 atom stereocenters. The smallest absolute Gasteiger partial charge is 0.411 e. The Balaban J connectivity index is 2.68. The molecule has 0 aliphatic heterocycles.